The minimum Gasteiger partial charge on any atom is -0.354 e. The van der Waals surface area contributed by atoms with Gasteiger partial charge in [0.25, 0.3) is 0 Å². The van der Waals surface area contributed by atoms with Crippen LogP contribution in [-0.4, -0.2) is 73.5 Å². The van der Waals surface area contributed by atoms with Gasteiger partial charge in [-0.25, -0.2) is 23.7 Å². The van der Waals surface area contributed by atoms with E-state index < -0.39 is 17.2 Å². The fourth-order valence-electron chi connectivity index (χ4n) is 5.53. The smallest absolute Gasteiger partial charge is 0.225 e. The fraction of sp³-hybridized carbons (Fsp3) is 0.370. The number of nitrogens with zero attached hydrogens (tertiary/aromatic N) is 9. The molecular formula is C27H30F2N10. The highest BCUT2D eigenvalue weighted by molar-refractivity contribution is 6.00. The number of benzene rings is 1. The van der Waals surface area contributed by atoms with Crippen molar-refractivity contribution in [1.29, 1.82) is 0 Å². The normalized spacial score (nSPS) is 22.5. The van der Waals surface area contributed by atoms with Crippen LogP contribution in [0.1, 0.15) is 37.0 Å². The van der Waals surface area contributed by atoms with Crippen molar-refractivity contribution in [2.75, 3.05) is 31.1 Å². The van der Waals surface area contributed by atoms with Gasteiger partial charge in [-0.15, -0.1) is 0 Å². The van der Waals surface area contributed by atoms with Gasteiger partial charge in [0.1, 0.15) is 29.3 Å². The molecule has 2 N–H and O–H groups in total. The standard InChI is InChI=1S/C27H30F2N10/c1-26-11-18(19-12-34-36(3)15-19)16-39(26)35-17-33-24(26)37-6-8-38(9-7-37)25-31-13-20(14-32-25)27(2,30)22-5-4-21(28)10-23(22)29/h4-5,10,12-17H,6-9,11,30H2,1-3H3/t26?,27-/m1/s1. The van der Waals surface area contributed by atoms with Crippen LogP contribution in [0.25, 0.3) is 5.57 Å². The van der Waals surface area contributed by atoms with Crippen molar-refractivity contribution in [2.45, 2.75) is 31.3 Å². The van der Waals surface area contributed by atoms with E-state index in [-0.39, 0.29) is 11.1 Å². The number of hydrogen-bond acceptors (Lipinski definition) is 9. The van der Waals surface area contributed by atoms with Crippen LogP contribution in [0.15, 0.2) is 59.3 Å². The first-order valence-corrected chi connectivity index (χ1v) is 12.8. The van der Waals surface area contributed by atoms with Gasteiger partial charge in [-0.05, 0) is 25.5 Å². The largest absolute Gasteiger partial charge is 0.354 e. The Morgan fingerprint density at radius 1 is 1.03 bits per heavy atom. The van der Waals surface area contributed by atoms with Gasteiger partial charge in [-0.3, -0.25) is 9.69 Å². The SMILES string of the molecule is Cn1cc(C2=CN3N=CN=C(N4CCN(c5ncc([C@@](C)(N)c6ccc(F)cc6F)cn5)CC4)C3(C)C2)cn1. The molecule has 2 atom stereocenters. The predicted octanol–water partition coefficient (Wildman–Crippen LogP) is 2.69. The molecule has 0 bridgehead atoms. The second kappa shape index (κ2) is 9.23. The number of hydrazone groups is 1. The molecule has 1 unspecified atom stereocenters. The third-order valence-electron chi connectivity index (χ3n) is 7.82. The average molecular weight is 533 g/mol. The number of anilines is 1. The van der Waals surface area contributed by atoms with Crippen LogP contribution < -0.4 is 10.6 Å². The number of aryl methyl sites for hydroxylation is 1. The summed E-state index contributed by atoms with van der Waals surface area (Å²) in [7, 11) is 1.91. The Morgan fingerprint density at radius 3 is 2.41 bits per heavy atom. The maximum atomic E-state index is 14.4. The van der Waals surface area contributed by atoms with Crippen LogP contribution in [0.4, 0.5) is 14.7 Å². The topological polar surface area (TPSA) is 104 Å². The fourth-order valence-corrected chi connectivity index (χ4v) is 5.53. The molecule has 3 aromatic rings. The Balaban J connectivity index is 1.13. The van der Waals surface area contributed by atoms with E-state index in [1.807, 2.05) is 24.5 Å². The zero-order valence-electron chi connectivity index (χ0n) is 22.1. The summed E-state index contributed by atoms with van der Waals surface area (Å²) in [5, 5.41) is 10.8. The van der Waals surface area contributed by atoms with Crippen molar-refractivity contribution < 1.29 is 8.78 Å². The molecule has 1 aromatic carbocycles. The van der Waals surface area contributed by atoms with Gasteiger partial charge in [0.05, 0.1) is 11.7 Å². The van der Waals surface area contributed by atoms with Gasteiger partial charge in [0.2, 0.25) is 5.95 Å². The van der Waals surface area contributed by atoms with Crippen LogP contribution in [0, 0.1) is 11.6 Å². The van der Waals surface area contributed by atoms with E-state index in [0.29, 0.717) is 24.6 Å². The molecular weight excluding hydrogens is 502 g/mol. The monoisotopic (exact) mass is 532 g/mol. The Kier molecular flexibility index (Phi) is 5.94. The molecule has 2 aromatic heterocycles. The Bertz CT molecular complexity index is 1480. The van der Waals surface area contributed by atoms with Gasteiger partial charge in [0, 0.05) is 87.2 Å². The van der Waals surface area contributed by atoms with Gasteiger partial charge < -0.3 is 15.5 Å². The number of aromatic nitrogens is 4. The molecule has 10 nitrogen and oxygen atoms in total. The highest BCUT2D eigenvalue weighted by atomic mass is 19.1. The second-order valence-electron chi connectivity index (χ2n) is 10.6. The molecule has 3 aliphatic heterocycles. The molecule has 202 valence electrons. The van der Waals surface area contributed by atoms with Crippen molar-refractivity contribution in [3.05, 3.63) is 77.5 Å². The summed E-state index contributed by atoms with van der Waals surface area (Å²) in [4.78, 5) is 18.2. The quantitative estimate of drug-likeness (QED) is 0.551. The van der Waals surface area contributed by atoms with Crippen LogP contribution >= 0.6 is 0 Å². The number of piperazine rings is 1. The van der Waals surface area contributed by atoms with Crippen molar-refractivity contribution in [1.82, 2.24) is 29.7 Å². The van der Waals surface area contributed by atoms with E-state index in [1.165, 1.54) is 17.7 Å². The number of rotatable bonds is 4. The van der Waals surface area contributed by atoms with Crippen molar-refractivity contribution in [3.8, 4) is 0 Å². The molecule has 12 heteroatoms. The highest BCUT2D eigenvalue weighted by Crippen LogP contribution is 2.40. The lowest BCUT2D eigenvalue weighted by atomic mass is 9.87. The summed E-state index contributed by atoms with van der Waals surface area (Å²) >= 11 is 0. The minimum absolute atomic E-state index is 0.182. The first kappa shape index (κ1) is 25.1. The van der Waals surface area contributed by atoms with Crippen molar-refractivity contribution in [2.24, 2.45) is 22.9 Å². The van der Waals surface area contributed by atoms with Crippen LogP contribution in [-0.2, 0) is 12.6 Å². The maximum absolute atomic E-state index is 14.4. The van der Waals surface area contributed by atoms with E-state index >= 15 is 0 Å². The molecule has 5 heterocycles. The summed E-state index contributed by atoms with van der Waals surface area (Å²) in [5.74, 6) is 0.219. The molecule has 0 amide bonds. The zero-order valence-corrected chi connectivity index (χ0v) is 22.1. The lowest BCUT2D eigenvalue weighted by molar-refractivity contribution is 0.234. The zero-order chi connectivity index (χ0) is 27.4. The van der Waals surface area contributed by atoms with E-state index in [0.717, 1.165) is 37.0 Å². The van der Waals surface area contributed by atoms with Gasteiger partial charge >= 0.3 is 0 Å². The Labute approximate surface area is 225 Å². The van der Waals surface area contributed by atoms with Gasteiger partial charge in [-0.2, -0.15) is 10.2 Å². The third kappa shape index (κ3) is 4.34. The number of nitrogens with two attached hydrogens (primary N) is 1. The molecule has 0 aliphatic carbocycles. The van der Waals surface area contributed by atoms with Crippen molar-refractivity contribution in [3.63, 3.8) is 0 Å². The molecule has 3 aliphatic rings. The first-order valence-electron chi connectivity index (χ1n) is 12.8. The van der Waals surface area contributed by atoms with E-state index in [2.05, 4.69) is 43.1 Å². The number of amidine groups is 1. The lowest BCUT2D eigenvalue weighted by Gasteiger charge is -2.44. The average Bonchev–Trinajstić information content (AvgIpc) is 3.51. The van der Waals surface area contributed by atoms with Crippen LogP contribution in [0.3, 0.4) is 0 Å². The number of hydrogen-bond donors (Lipinski definition) is 1. The summed E-state index contributed by atoms with van der Waals surface area (Å²) in [5.41, 5.74) is 7.85. The van der Waals surface area contributed by atoms with Crippen LogP contribution in [0.5, 0.6) is 0 Å². The van der Waals surface area contributed by atoms with E-state index in [4.69, 9.17) is 10.7 Å². The summed E-state index contributed by atoms with van der Waals surface area (Å²) in [6, 6.07) is 3.39. The molecule has 39 heavy (non-hydrogen) atoms. The molecule has 0 radical (unpaired) electrons. The Morgan fingerprint density at radius 2 is 1.74 bits per heavy atom. The van der Waals surface area contributed by atoms with E-state index in [9.17, 15) is 8.78 Å². The third-order valence-corrected chi connectivity index (χ3v) is 7.82. The predicted molar refractivity (Wildman–Crippen MR) is 145 cm³/mol. The number of fused-ring (bicyclic) bond motifs is 1. The molecule has 0 spiro atoms. The molecule has 1 fully saturated rings. The highest BCUT2D eigenvalue weighted by Gasteiger charge is 2.46. The molecule has 0 saturated carbocycles. The number of halogens is 2. The second-order valence-corrected chi connectivity index (χ2v) is 10.6. The lowest BCUT2D eigenvalue weighted by Crippen LogP contribution is -2.59. The summed E-state index contributed by atoms with van der Waals surface area (Å²) in [6.45, 7) is 6.75. The number of aliphatic imine (C=N–C) groups is 1. The Hall–Kier alpha value is -4.19. The van der Waals surface area contributed by atoms with Crippen molar-refractivity contribution >= 4 is 23.7 Å². The maximum Gasteiger partial charge on any atom is 0.225 e. The first-order chi connectivity index (χ1) is 18.6. The van der Waals surface area contributed by atoms with E-state index in [1.54, 1.807) is 30.3 Å². The minimum atomic E-state index is -1.21. The summed E-state index contributed by atoms with van der Waals surface area (Å²) in [6.07, 6.45) is 11.6. The van der Waals surface area contributed by atoms with Crippen LogP contribution in [0.2, 0.25) is 0 Å². The molecule has 6 rings (SSSR count). The van der Waals surface area contributed by atoms with Gasteiger partial charge in [0.15, 0.2) is 0 Å². The van der Waals surface area contributed by atoms with Gasteiger partial charge in [-0.1, -0.05) is 6.07 Å². The molecule has 1 saturated heterocycles. The summed E-state index contributed by atoms with van der Waals surface area (Å²) < 4.78 is 29.6.